The van der Waals surface area contributed by atoms with Gasteiger partial charge in [-0.3, -0.25) is 4.79 Å². The van der Waals surface area contributed by atoms with Crippen LogP contribution in [0, 0.1) is 0 Å². The highest BCUT2D eigenvalue weighted by molar-refractivity contribution is 6.42. The van der Waals surface area contributed by atoms with Gasteiger partial charge >= 0.3 is 0 Å². The maximum atomic E-state index is 12.3. The first-order valence-electron chi connectivity index (χ1n) is 9.37. The molecule has 3 aromatic carbocycles. The lowest BCUT2D eigenvalue weighted by Crippen LogP contribution is -2.07. The molecule has 0 aliphatic heterocycles. The monoisotopic (exact) mass is 457 g/mol. The number of halogens is 2. The minimum Gasteiger partial charge on any atom is -0.493 e. The Morgan fingerprint density at radius 3 is 2.23 bits per heavy atom. The van der Waals surface area contributed by atoms with E-state index in [0.717, 1.165) is 5.56 Å². The molecular formula is C24H21Cl2NO4. The second-order valence-corrected chi connectivity index (χ2v) is 7.29. The molecule has 0 unspecified atom stereocenters. The third-order valence-electron chi connectivity index (χ3n) is 4.32. The van der Waals surface area contributed by atoms with E-state index in [1.807, 2.05) is 30.3 Å². The molecule has 0 aliphatic carbocycles. The Labute approximate surface area is 191 Å². The van der Waals surface area contributed by atoms with Crippen LogP contribution in [0.15, 0.2) is 66.7 Å². The molecule has 31 heavy (non-hydrogen) atoms. The Balaban J connectivity index is 1.74. The van der Waals surface area contributed by atoms with Gasteiger partial charge in [0.1, 0.15) is 6.61 Å². The Kier molecular flexibility index (Phi) is 7.82. The molecule has 1 N–H and O–H groups in total. The minimum atomic E-state index is -0.319. The number of benzene rings is 3. The van der Waals surface area contributed by atoms with Gasteiger partial charge in [0.05, 0.1) is 24.3 Å². The topological polar surface area (TPSA) is 56.8 Å². The van der Waals surface area contributed by atoms with Crippen LogP contribution in [-0.4, -0.2) is 20.1 Å². The highest BCUT2D eigenvalue weighted by Gasteiger charge is 2.14. The molecule has 0 aliphatic rings. The zero-order chi connectivity index (χ0) is 22.2. The van der Waals surface area contributed by atoms with Crippen molar-refractivity contribution in [1.29, 1.82) is 0 Å². The highest BCUT2D eigenvalue weighted by atomic mass is 35.5. The summed E-state index contributed by atoms with van der Waals surface area (Å²) in [6.45, 7) is 0.370. The number of nitrogens with one attached hydrogen (secondary N) is 1. The van der Waals surface area contributed by atoms with Crippen LogP contribution in [-0.2, 0) is 11.4 Å². The van der Waals surface area contributed by atoms with Gasteiger partial charge in [0, 0.05) is 11.8 Å². The second-order valence-electron chi connectivity index (χ2n) is 6.48. The summed E-state index contributed by atoms with van der Waals surface area (Å²) in [7, 11) is 3.10. The van der Waals surface area contributed by atoms with E-state index >= 15 is 0 Å². The quantitative estimate of drug-likeness (QED) is 0.406. The zero-order valence-corrected chi connectivity index (χ0v) is 18.5. The number of anilines is 1. The second kappa shape index (κ2) is 10.8. The standard InChI is InChI=1S/C24H21Cl2NO4/c1-29-21-12-17(8-11-23(28)27-18-9-10-19(25)20(26)14-18)13-22(30-2)24(21)31-15-16-6-4-3-5-7-16/h3-14H,15H2,1-2H3,(H,27,28). The summed E-state index contributed by atoms with van der Waals surface area (Å²) in [6.07, 6.45) is 3.06. The van der Waals surface area contributed by atoms with Crippen molar-refractivity contribution in [2.24, 2.45) is 0 Å². The smallest absolute Gasteiger partial charge is 0.248 e. The van der Waals surface area contributed by atoms with E-state index in [2.05, 4.69) is 5.32 Å². The SMILES string of the molecule is COc1cc(C=CC(=O)Nc2ccc(Cl)c(Cl)c2)cc(OC)c1OCc1ccccc1. The van der Waals surface area contributed by atoms with Crippen LogP contribution >= 0.6 is 23.2 Å². The number of hydrogen-bond donors (Lipinski definition) is 1. The van der Waals surface area contributed by atoms with E-state index in [1.54, 1.807) is 50.6 Å². The summed E-state index contributed by atoms with van der Waals surface area (Å²) in [5.74, 6) is 1.17. The predicted molar refractivity (Wildman–Crippen MR) is 124 cm³/mol. The van der Waals surface area contributed by atoms with Crippen molar-refractivity contribution in [3.63, 3.8) is 0 Å². The van der Waals surface area contributed by atoms with Crippen LogP contribution in [0.4, 0.5) is 5.69 Å². The lowest BCUT2D eigenvalue weighted by atomic mass is 10.1. The van der Waals surface area contributed by atoms with E-state index in [0.29, 0.717) is 45.2 Å². The number of hydrogen-bond acceptors (Lipinski definition) is 4. The largest absolute Gasteiger partial charge is 0.493 e. The fourth-order valence-corrected chi connectivity index (χ4v) is 3.10. The Morgan fingerprint density at radius 1 is 0.935 bits per heavy atom. The highest BCUT2D eigenvalue weighted by Crippen LogP contribution is 2.39. The molecule has 0 saturated carbocycles. The average Bonchev–Trinajstić information content (AvgIpc) is 2.79. The van der Waals surface area contributed by atoms with Crippen LogP contribution in [0.25, 0.3) is 6.08 Å². The van der Waals surface area contributed by atoms with Crippen LogP contribution in [0.1, 0.15) is 11.1 Å². The molecule has 0 fully saturated rings. The van der Waals surface area contributed by atoms with E-state index < -0.39 is 0 Å². The first kappa shape index (κ1) is 22.5. The molecule has 160 valence electrons. The van der Waals surface area contributed by atoms with E-state index in [-0.39, 0.29) is 5.91 Å². The number of amides is 1. The van der Waals surface area contributed by atoms with Crippen molar-refractivity contribution < 1.29 is 19.0 Å². The molecule has 0 radical (unpaired) electrons. The zero-order valence-electron chi connectivity index (χ0n) is 17.0. The van der Waals surface area contributed by atoms with Gasteiger partial charge in [-0.2, -0.15) is 0 Å². The molecule has 0 atom stereocenters. The third-order valence-corrected chi connectivity index (χ3v) is 5.06. The van der Waals surface area contributed by atoms with Crippen molar-refractivity contribution in [3.05, 3.63) is 87.9 Å². The molecule has 7 heteroatoms. The van der Waals surface area contributed by atoms with Gasteiger partial charge < -0.3 is 19.5 Å². The maximum Gasteiger partial charge on any atom is 0.248 e. The summed E-state index contributed by atoms with van der Waals surface area (Å²) in [6, 6.07) is 18.2. The van der Waals surface area contributed by atoms with Gasteiger partial charge in [0.15, 0.2) is 11.5 Å². The van der Waals surface area contributed by atoms with E-state index in [9.17, 15) is 4.79 Å². The van der Waals surface area contributed by atoms with Crippen molar-refractivity contribution in [3.8, 4) is 17.2 Å². The number of carbonyl (C=O) groups excluding carboxylic acids is 1. The molecule has 1 amide bonds. The molecule has 0 heterocycles. The van der Waals surface area contributed by atoms with Gasteiger partial charge in [-0.25, -0.2) is 0 Å². The molecule has 0 saturated heterocycles. The molecule has 0 spiro atoms. The summed E-state index contributed by atoms with van der Waals surface area (Å²) < 4.78 is 16.9. The Hall–Kier alpha value is -3.15. The maximum absolute atomic E-state index is 12.3. The van der Waals surface area contributed by atoms with Crippen molar-refractivity contribution in [2.75, 3.05) is 19.5 Å². The molecular weight excluding hydrogens is 437 g/mol. The van der Waals surface area contributed by atoms with Gasteiger partial charge in [0.25, 0.3) is 0 Å². The summed E-state index contributed by atoms with van der Waals surface area (Å²) in [4.78, 5) is 12.3. The number of carbonyl (C=O) groups is 1. The molecule has 3 rings (SSSR count). The minimum absolute atomic E-state index is 0.319. The fourth-order valence-electron chi connectivity index (χ4n) is 2.80. The molecule has 0 bridgehead atoms. The Morgan fingerprint density at radius 2 is 1.61 bits per heavy atom. The van der Waals surface area contributed by atoms with Crippen molar-refractivity contribution >= 4 is 40.9 Å². The van der Waals surface area contributed by atoms with E-state index in [1.165, 1.54) is 6.08 Å². The molecule has 5 nitrogen and oxygen atoms in total. The third kappa shape index (κ3) is 6.17. The lowest BCUT2D eigenvalue weighted by molar-refractivity contribution is -0.111. The van der Waals surface area contributed by atoms with Crippen molar-refractivity contribution in [2.45, 2.75) is 6.61 Å². The van der Waals surface area contributed by atoms with Crippen LogP contribution < -0.4 is 19.5 Å². The number of methoxy groups -OCH3 is 2. The number of ether oxygens (including phenoxy) is 3. The summed E-state index contributed by atoms with van der Waals surface area (Å²) >= 11 is 11.9. The first-order valence-corrected chi connectivity index (χ1v) is 10.1. The predicted octanol–water partition coefficient (Wildman–Crippen LogP) is 6.24. The van der Waals surface area contributed by atoms with Crippen LogP contribution in [0.3, 0.4) is 0 Å². The summed E-state index contributed by atoms with van der Waals surface area (Å²) in [5, 5.41) is 3.52. The molecule has 3 aromatic rings. The van der Waals surface area contributed by atoms with Gasteiger partial charge in [-0.05, 0) is 47.5 Å². The van der Waals surface area contributed by atoms with Gasteiger partial charge in [-0.1, -0.05) is 53.5 Å². The normalized spacial score (nSPS) is 10.7. The average molecular weight is 458 g/mol. The first-order chi connectivity index (χ1) is 15.0. The summed E-state index contributed by atoms with van der Waals surface area (Å²) in [5.41, 5.74) is 2.28. The fraction of sp³-hybridized carbons (Fsp3) is 0.125. The van der Waals surface area contributed by atoms with Crippen molar-refractivity contribution in [1.82, 2.24) is 0 Å². The number of rotatable bonds is 8. The van der Waals surface area contributed by atoms with Gasteiger partial charge in [0.2, 0.25) is 11.7 Å². The Bertz CT molecular complexity index is 1060. The van der Waals surface area contributed by atoms with Gasteiger partial charge in [-0.15, -0.1) is 0 Å². The lowest BCUT2D eigenvalue weighted by Gasteiger charge is -2.15. The molecule has 0 aromatic heterocycles. The van der Waals surface area contributed by atoms with Crippen LogP contribution in [0.5, 0.6) is 17.2 Å². The van der Waals surface area contributed by atoms with Crippen LogP contribution in [0.2, 0.25) is 10.0 Å². The van der Waals surface area contributed by atoms with E-state index in [4.69, 9.17) is 37.4 Å².